The molecule has 0 aliphatic carbocycles. The topological polar surface area (TPSA) is 39.1 Å². The van der Waals surface area contributed by atoms with Gasteiger partial charge in [0.25, 0.3) is 0 Å². The smallest absolute Gasteiger partial charge is 0.103 e. The van der Waals surface area contributed by atoms with Gasteiger partial charge in [-0.3, -0.25) is 5.32 Å². The van der Waals surface area contributed by atoms with Crippen LogP contribution in [0.3, 0.4) is 0 Å². The van der Waals surface area contributed by atoms with Crippen LogP contribution in [0.15, 0.2) is 0 Å². The lowest BCUT2D eigenvalue weighted by atomic mass is 9.97. The van der Waals surface area contributed by atoms with Gasteiger partial charge in [-0.15, -0.1) is 0 Å². The van der Waals surface area contributed by atoms with Crippen LogP contribution in [0, 0.1) is 11.3 Å². The summed E-state index contributed by atoms with van der Waals surface area (Å²) in [7, 11) is 0. The van der Waals surface area contributed by atoms with Gasteiger partial charge in [-0.05, 0) is 58.8 Å². The summed E-state index contributed by atoms with van der Waals surface area (Å²) >= 11 is 0. The minimum absolute atomic E-state index is 0.346. The van der Waals surface area contributed by atoms with Crippen LogP contribution in [-0.4, -0.2) is 36.6 Å². The summed E-state index contributed by atoms with van der Waals surface area (Å²) in [5, 5.41) is 12.6. The largest absolute Gasteiger partial charge is 0.304 e. The highest BCUT2D eigenvalue weighted by Crippen LogP contribution is 2.12. The number of hydrogen-bond donors (Lipinski definition) is 1. The van der Waals surface area contributed by atoms with Gasteiger partial charge in [-0.2, -0.15) is 5.26 Å². The average molecular weight is 239 g/mol. The molecule has 0 saturated carbocycles. The Morgan fingerprint density at radius 1 is 1.18 bits per heavy atom. The first-order valence-electron chi connectivity index (χ1n) is 7.00. The van der Waals surface area contributed by atoms with Crippen molar-refractivity contribution in [1.82, 2.24) is 10.2 Å². The molecule has 0 amide bonds. The standard InChI is InChI=1S/C14H29N3/c1-5-10-16-14(4,13-15)9-8-12-17(7-3)11-6-2/h16H,5-12H2,1-4H3. The van der Waals surface area contributed by atoms with Crippen LogP contribution >= 0.6 is 0 Å². The molecule has 3 nitrogen and oxygen atoms in total. The van der Waals surface area contributed by atoms with Gasteiger partial charge < -0.3 is 4.90 Å². The summed E-state index contributed by atoms with van der Waals surface area (Å²) in [6, 6.07) is 2.41. The molecular formula is C14H29N3. The lowest BCUT2D eigenvalue weighted by Gasteiger charge is -2.25. The molecule has 0 bridgehead atoms. The summed E-state index contributed by atoms with van der Waals surface area (Å²) in [5.74, 6) is 0. The molecule has 0 fully saturated rings. The first kappa shape index (κ1) is 16.4. The van der Waals surface area contributed by atoms with Crippen LogP contribution in [0.5, 0.6) is 0 Å². The lowest BCUT2D eigenvalue weighted by Crippen LogP contribution is -2.42. The summed E-state index contributed by atoms with van der Waals surface area (Å²) < 4.78 is 0. The van der Waals surface area contributed by atoms with Crippen molar-refractivity contribution < 1.29 is 0 Å². The fourth-order valence-electron chi connectivity index (χ4n) is 1.99. The molecule has 0 aromatic rings. The second-order valence-corrected chi connectivity index (χ2v) is 4.91. The molecule has 0 aromatic heterocycles. The van der Waals surface area contributed by atoms with E-state index in [4.69, 9.17) is 0 Å². The van der Waals surface area contributed by atoms with Gasteiger partial charge in [0.05, 0.1) is 6.07 Å². The van der Waals surface area contributed by atoms with Crippen LogP contribution in [0.1, 0.15) is 53.4 Å². The second kappa shape index (κ2) is 9.44. The zero-order valence-electron chi connectivity index (χ0n) is 12.1. The summed E-state index contributed by atoms with van der Waals surface area (Å²) in [6.45, 7) is 12.9. The van der Waals surface area contributed by atoms with Crippen LogP contribution in [-0.2, 0) is 0 Å². The molecule has 0 radical (unpaired) electrons. The minimum atomic E-state index is -0.346. The number of rotatable bonds is 10. The molecule has 0 saturated heterocycles. The molecule has 100 valence electrons. The molecule has 1 unspecified atom stereocenters. The van der Waals surface area contributed by atoms with Gasteiger partial charge in [-0.1, -0.05) is 20.8 Å². The van der Waals surface area contributed by atoms with E-state index in [-0.39, 0.29) is 5.54 Å². The molecule has 0 aromatic carbocycles. The molecule has 3 heteroatoms. The van der Waals surface area contributed by atoms with E-state index in [1.807, 2.05) is 6.92 Å². The molecule has 0 aliphatic rings. The SMILES string of the molecule is CCCNC(C)(C#N)CCCN(CC)CCC. The van der Waals surface area contributed by atoms with Crippen LogP contribution < -0.4 is 5.32 Å². The van der Waals surface area contributed by atoms with Crippen molar-refractivity contribution in [2.24, 2.45) is 0 Å². The van der Waals surface area contributed by atoms with Crippen LogP contribution in [0.4, 0.5) is 0 Å². The second-order valence-electron chi connectivity index (χ2n) is 4.91. The zero-order chi connectivity index (χ0) is 13.1. The zero-order valence-corrected chi connectivity index (χ0v) is 12.1. The quantitative estimate of drug-likeness (QED) is 0.637. The Morgan fingerprint density at radius 2 is 1.88 bits per heavy atom. The Hall–Kier alpha value is -0.590. The van der Waals surface area contributed by atoms with E-state index in [0.717, 1.165) is 38.9 Å². The van der Waals surface area contributed by atoms with E-state index in [0.29, 0.717) is 0 Å². The molecule has 1 atom stereocenters. The minimum Gasteiger partial charge on any atom is -0.304 e. The Balaban J connectivity index is 3.93. The first-order chi connectivity index (χ1) is 8.11. The third-order valence-electron chi connectivity index (χ3n) is 3.15. The molecule has 1 N–H and O–H groups in total. The molecule has 0 aliphatic heterocycles. The van der Waals surface area contributed by atoms with Gasteiger partial charge >= 0.3 is 0 Å². The summed E-state index contributed by atoms with van der Waals surface area (Å²) in [5.41, 5.74) is -0.346. The molecule has 0 heterocycles. The fraction of sp³-hybridized carbons (Fsp3) is 0.929. The van der Waals surface area contributed by atoms with Gasteiger partial charge in [0.1, 0.15) is 5.54 Å². The Morgan fingerprint density at radius 3 is 2.35 bits per heavy atom. The Bertz CT molecular complexity index is 222. The average Bonchev–Trinajstić information content (AvgIpc) is 2.35. The lowest BCUT2D eigenvalue weighted by molar-refractivity contribution is 0.269. The van der Waals surface area contributed by atoms with E-state index in [9.17, 15) is 5.26 Å². The van der Waals surface area contributed by atoms with Crippen molar-refractivity contribution in [1.29, 1.82) is 5.26 Å². The number of hydrogen-bond acceptors (Lipinski definition) is 3. The van der Waals surface area contributed by atoms with Crippen LogP contribution in [0.25, 0.3) is 0 Å². The van der Waals surface area contributed by atoms with Crippen molar-refractivity contribution >= 4 is 0 Å². The highest BCUT2D eigenvalue weighted by atomic mass is 15.1. The maximum atomic E-state index is 9.21. The van der Waals surface area contributed by atoms with Gasteiger partial charge in [0, 0.05) is 0 Å². The Labute approximate surface area is 107 Å². The summed E-state index contributed by atoms with van der Waals surface area (Å²) in [6.07, 6.45) is 4.31. The number of nitriles is 1. The van der Waals surface area contributed by atoms with Crippen molar-refractivity contribution in [3.8, 4) is 6.07 Å². The molecular weight excluding hydrogens is 210 g/mol. The third kappa shape index (κ3) is 7.36. The predicted octanol–water partition coefficient (Wildman–Crippen LogP) is 2.78. The van der Waals surface area contributed by atoms with Crippen molar-refractivity contribution in [2.75, 3.05) is 26.2 Å². The highest BCUT2D eigenvalue weighted by molar-refractivity contribution is 5.03. The van der Waals surface area contributed by atoms with Crippen molar-refractivity contribution in [2.45, 2.75) is 58.9 Å². The van der Waals surface area contributed by atoms with Gasteiger partial charge in [-0.25, -0.2) is 0 Å². The van der Waals surface area contributed by atoms with Crippen LogP contribution in [0.2, 0.25) is 0 Å². The van der Waals surface area contributed by atoms with Crippen molar-refractivity contribution in [3.63, 3.8) is 0 Å². The highest BCUT2D eigenvalue weighted by Gasteiger charge is 2.21. The Kier molecular flexibility index (Phi) is 9.11. The van der Waals surface area contributed by atoms with Gasteiger partial charge in [0.15, 0.2) is 0 Å². The number of nitrogens with one attached hydrogen (secondary N) is 1. The maximum absolute atomic E-state index is 9.21. The maximum Gasteiger partial charge on any atom is 0.103 e. The van der Waals surface area contributed by atoms with Gasteiger partial charge in [0.2, 0.25) is 0 Å². The predicted molar refractivity (Wildman–Crippen MR) is 74.0 cm³/mol. The van der Waals surface area contributed by atoms with E-state index >= 15 is 0 Å². The molecule has 17 heavy (non-hydrogen) atoms. The normalized spacial score (nSPS) is 14.6. The van der Waals surface area contributed by atoms with Crippen molar-refractivity contribution in [3.05, 3.63) is 0 Å². The fourth-order valence-corrected chi connectivity index (χ4v) is 1.99. The summed E-state index contributed by atoms with van der Waals surface area (Å²) in [4.78, 5) is 2.46. The molecule has 0 rings (SSSR count). The molecule has 0 spiro atoms. The van der Waals surface area contributed by atoms with E-state index in [2.05, 4.69) is 37.1 Å². The van der Waals surface area contributed by atoms with E-state index < -0.39 is 0 Å². The number of nitrogens with zero attached hydrogens (tertiary/aromatic N) is 2. The first-order valence-corrected chi connectivity index (χ1v) is 7.00. The van der Waals surface area contributed by atoms with E-state index in [1.165, 1.54) is 13.0 Å². The monoisotopic (exact) mass is 239 g/mol. The third-order valence-corrected chi connectivity index (χ3v) is 3.15. The van der Waals surface area contributed by atoms with E-state index in [1.54, 1.807) is 0 Å².